The average molecular weight is 316 g/mol. The number of carbonyl (C=O) groups excluding carboxylic acids is 1. The van der Waals surface area contributed by atoms with Gasteiger partial charge in [-0.1, -0.05) is 30.3 Å². The molecule has 0 aromatic heterocycles. The fourth-order valence-electron chi connectivity index (χ4n) is 2.35. The third-order valence-corrected chi connectivity index (χ3v) is 3.61. The normalized spacial score (nSPS) is 10.4. The van der Waals surface area contributed by atoms with E-state index in [0.717, 1.165) is 5.56 Å². The van der Waals surface area contributed by atoms with Gasteiger partial charge in [0.1, 0.15) is 11.6 Å². The van der Waals surface area contributed by atoms with Crippen LogP contribution in [0.3, 0.4) is 0 Å². The highest BCUT2D eigenvalue weighted by Crippen LogP contribution is 2.18. The summed E-state index contributed by atoms with van der Waals surface area (Å²) in [6.45, 7) is 1.21. The van der Waals surface area contributed by atoms with Crippen molar-refractivity contribution < 1.29 is 13.9 Å². The van der Waals surface area contributed by atoms with Crippen molar-refractivity contribution in [1.82, 2.24) is 4.90 Å². The Balaban J connectivity index is 2.11. The summed E-state index contributed by atoms with van der Waals surface area (Å²) in [5, 5.41) is 0. The van der Waals surface area contributed by atoms with Crippen LogP contribution < -0.4 is 10.5 Å². The van der Waals surface area contributed by atoms with Gasteiger partial charge in [-0.15, -0.1) is 0 Å². The van der Waals surface area contributed by atoms with Crippen LogP contribution >= 0.6 is 0 Å². The lowest BCUT2D eigenvalue weighted by Crippen LogP contribution is -2.37. The van der Waals surface area contributed by atoms with Crippen LogP contribution in [0.25, 0.3) is 0 Å². The van der Waals surface area contributed by atoms with Gasteiger partial charge in [-0.05, 0) is 24.1 Å². The Labute approximate surface area is 135 Å². The van der Waals surface area contributed by atoms with E-state index in [0.29, 0.717) is 31.8 Å². The van der Waals surface area contributed by atoms with E-state index in [9.17, 15) is 9.18 Å². The average Bonchev–Trinajstić information content (AvgIpc) is 2.58. The van der Waals surface area contributed by atoms with Crippen LogP contribution in [0.5, 0.6) is 5.75 Å². The molecule has 0 fully saturated rings. The first-order chi connectivity index (χ1) is 11.2. The van der Waals surface area contributed by atoms with Crippen molar-refractivity contribution in [2.24, 2.45) is 5.73 Å². The van der Waals surface area contributed by atoms with Gasteiger partial charge in [0.25, 0.3) is 5.91 Å². The Morgan fingerprint density at radius 3 is 2.52 bits per heavy atom. The zero-order chi connectivity index (χ0) is 16.7. The van der Waals surface area contributed by atoms with Crippen molar-refractivity contribution in [3.8, 4) is 5.75 Å². The predicted octanol–water partition coefficient (Wildman–Crippen LogP) is 2.48. The number of rotatable bonds is 7. The fraction of sp³-hybridized carbons (Fsp3) is 0.278. The molecule has 0 spiro atoms. The minimum Gasteiger partial charge on any atom is -0.497 e. The van der Waals surface area contributed by atoms with Crippen LogP contribution in [0.2, 0.25) is 0 Å². The second kappa shape index (κ2) is 8.29. The number of halogens is 1. The molecule has 2 N–H and O–H groups in total. The Kier molecular flexibility index (Phi) is 6.11. The van der Waals surface area contributed by atoms with Crippen LogP contribution in [0, 0.1) is 5.82 Å². The molecule has 0 bridgehead atoms. The number of nitrogens with zero attached hydrogens (tertiary/aromatic N) is 1. The monoisotopic (exact) mass is 316 g/mol. The molecule has 0 saturated heterocycles. The number of methoxy groups -OCH3 is 1. The van der Waals surface area contributed by atoms with Gasteiger partial charge in [-0.2, -0.15) is 0 Å². The van der Waals surface area contributed by atoms with Gasteiger partial charge in [0.2, 0.25) is 0 Å². The third-order valence-electron chi connectivity index (χ3n) is 3.61. The molecule has 0 aliphatic carbocycles. The fourth-order valence-corrected chi connectivity index (χ4v) is 2.35. The van der Waals surface area contributed by atoms with Gasteiger partial charge in [-0.3, -0.25) is 4.79 Å². The van der Waals surface area contributed by atoms with Crippen molar-refractivity contribution in [3.05, 3.63) is 65.5 Å². The SMILES string of the molecule is COc1ccc(C(=O)N(CCN)CCc2ccccc2)c(F)c1. The van der Waals surface area contributed by atoms with Crippen LogP contribution in [-0.2, 0) is 6.42 Å². The standard InChI is InChI=1S/C18H21FN2O2/c1-23-15-7-8-16(17(19)13-15)18(22)21(12-10-20)11-9-14-5-3-2-4-6-14/h2-8,13H,9-12,20H2,1H3. The molecule has 0 saturated carbocycles. The lowest BCUT2D eigenvalue weighted by molar-refractivity contribution is 0.0757. The number of benzene rings is 2. The molecule has 122 valence electrons. The van der Waals surface area contributed by atoms with E-state index in [1.165, 1.54) is 19.2 Å². The van der Waals surface area contributed by atoms with E-state index in [2.05, 4.69) is 0 Å². The molecule has 0 heterocycles. The molecule has 0 aliphatic rings. The number of carbonyl (C=O) groups is 1. The van der Waals surface area contributed by atoms with Gasteiger partial charge in [0.15, 0.2) is 0 Å². The summed E-state index contributed by atoms with van der Waals surface area (Å²) in [5.41, 5.74) is 6.75. The largest absolute Gasteiger partial charge is 0.497 e. The second-order valence-corrected chi connectivity index (χ2v) is 5.16. The zero-order valence-corrected chi connectivity index (χ0v) is 13.2. The lowest BCUT2D eigenvalue weighted by atomic mass is 10.1. The quantitative estimate of drug-likeness (QED) is 0.854. The van der Waals surface area contributed by atoms with E-state index in [1.807, 2.05) is 30.3 Å². The summed E-state index contributed by atoms with van der Waals surface area (Å²) in [4.78, 5) is 14.1. The van der Waals surface area contributed by atoms with E-state index in [4.69, 9.17) is 10.5 Å². The molecular formula is C18H21FN2O2. The maximum absolute atomic E-state index is 14.1. The van der Waals surface area contributed by atoms with Gasteiger partial charge in [-0.25, -0.2) is 4.39 Å². The van der Waals surface area contributed by atoms with Gasteiger partial charge in [0.05, 0.1) is 12.7 Å². The van der Waals surface area contributed by atoms with E-state index < -0.39 is 5.82 Å². The van der Waals surface area contributed by atoms with Crippen molar-refractivity contribution in [1.29, 1.82) is 0 Å². The summed E-state index contributed by atoms with van der Waals surface area (Å²) in [7, 11) is 1.46. The predicted molar refractivity (Wildman–Crippen MR) is 88.1 cm³/mol. The molecule has 1 amide bonds. The van der Waals surface area contributed by atoms with E-state index >= 15 is 0 Å². The molecule has 23 heavy (non-hydrogen) atoms. The second-order valence-electron chi connectivity index (χ2n) is 5.16. The Hall–Kier alpha value is -2.40. The highest BCUT2D eigenvalue weighted by atomic mass is 19.1. The molecule has 2 rings (SSSR count). The summed E-state index contributed by atoms with van der Waals surface area (Å²) in [5.74, 6) is -0.559. The van der Waals surface area contributed by atoms with Crippen LogP contribution in [0.1, 0.15) is 15.9 Å². The molecule has 0 unspecified atom stereocenters. The molecule has 0 atom stereocenters. The van der Waals surface area contributed by atoms with Gasteiger partial charge >= 0.3 is 0 Å². The molecule has 0 radical (unpaired) electrons. The summed E-state index contributed by atoms with van der Waals surface area (Å²) in [6.07, 6.45) is 0.699. The number of amides is 1. The summed E-state index contributed by atoms with van der Waals surface area (Å²) < 4.78 is 19.1. The highest BCUT2D eigenvalue weighted by molar-refractivity contribution is 5.94. The van der Waals surface area contributed by atoms with Crippen molar-refractivity contribution in [2.75, 3.05) is 26.7 Å². The molecule has 2 aromatic carbocycles. The van der Waals surface area contributed by atoms with Crippen molar-refractivity contribution in [3.63, 3.8) is 0 Å². The van der Waals surface area contributed by atoms with E-state index in [-0.39, 0.29) is 11.5 Å². The molecule has 5 heteroatoms. The Morgan fingerprint density at radius 1 is 1.17 bits per heavy atom. The maximum atomic E-state index is 14.1. The third kappa shape index (κ3) is 4.53. The number of ether oxygens (including phenoxy) is 1. The van der Waals surface area contributed by atoms with Crippen LogP contribution in [0.4, 0.5) is 4.39 Å². The van der Waals surface area contributed by atoms with Crippen LogP contribution in [-0.4, -0.2) is 37.6 Å². The number of hydrogen-bond donors (Lipinski definition) is 1. The molecule has 4 nitrogen and oxygen atoms in total. The smallest absolute Gasteiger partial charge is 0.256 e. The lowest BCUT2D eigenvalue weighted by Gasteiger charge is -2.22. The number of hydrogen-bond acceptors (Lipinski definition) is 3. The number of nitrogens with two attached hydrogens (primary N) is 1. The zero-order valence-electron chi connectivity index (χ0n) is 13.2. The highest BCUT2D eigenvalue weighted by Gasteiger charge is 2.19. The molecule has 2 aromatic rings. The first kappa shape index (κ1) is 17.0. The summed E-state index contributed by atoms with van der Waals surface area (Å²) >= 11 is 0. The summed E-state index contributed by atoms with van der Waals surface area (Å²) in [6, 6.07) is 14.1. The van der Waals surface area contributed by atoms with Crippen molar-refractivity contribution in [2.45, 2.75) is 6.42 Å². The molecule has 0 aliphatic heterocycles. The van der Waals surface area contributed by atoms with Gasteiger partial charge in [0, 0.05) is 25.7 Å². The van der Waals surface area contributed by atoms with E-state index in [1.54, 1.807) is 11.0 Å². The van der Waals surface area contributed by atoms with Crippen LogP contribution in [0.15, 0.2) is 48.5 Å². The minimum absolute atomic E-state index is 0.0345. The molecular weight excluding hydrogens is 295 g/mol. The topological polar surface area (TPSA) is 55.6 Å². The van der Waals surface area contributed by atoms with Gasteiger partial charge < -0.3 is 15.4 Å². The Morgan fingerprint density at radius 2 is 1.91 bits per heavy atom. The minimum atomic E-state index is -0.587. The maximum Gasteiger partial charge on any atom is 0.256 e. The Bertz CT molecular complexity index is 647. The van der Waals surface area contributed by atoms with Crippen molar-refractivity contribution >= 4 is 5.91 Å². The first-order valence-electron chi connectivity index (χ1n) is 7.52. The first-order valence-corrected chi connectivity index (χ1v) is 7.52.